The zero-order chi connectivity index (χ0) is 52.0. The minimum atomic E-state index is -0.959. The van der Waals surface area contributed by atoms with Gasteiger partial charge in [0.2, 0.25) is 17.7 Å². The Morgan fingerprint density at radius 3 is 1.70 bits per heavy atom. The molecule has 0 atom stereocenters. The standard InChI is InChI=1S/C58H71N5O10/c1-44-21-17-28-49(45(44)2)57(69)60-36-14-16-38-62(53(65)34-33-52(64)59-35-13-6-15-40-63(54(66)31-19-32-55(67)68)73-43-48-26-11-5-12-27-48)39-20-37-61-58(70)50-29-18-30-51(71-41-46-22-7-3-8-23-46)56(50)72-42-47-24-9-4-10-25-47/h3-5,7-12,17-18,21-30H,6,13-16,19-20,31-43H2,1-2H3,(H,59,64)(H,60,69)(H,61,70)(H,67,68). The molecule has 5 aromatic carbocycles. The Morgan fingerprint density at radius 2 is 1.03 bits per heavy atom. The van der Waals surface area contributed by atoms with Crippen LogP contribution in [-0.4, -0.2) is 89.8 Å². The first-order valence-electron chi connectivity index (χ1n) is 25.3. The van der Waals surface area contributed by atoms with Gasteiger partial charge in [0.15, 0.2) is 11.5 Å². The molecule has 0 aliphatic carbocycles. The lowest BCUT2D eigenvalue weighted by Gasteiger charge is -2.23. The van der Waals surface area contributed by atoms with Crippen LogP contribution in [-0.2, 0) is 43.8 Å². The van der Waals surface area contributed by atoms with E-state index in [1.807, 2.05) is 117 Å². The van der Waals surface area contributed by atoms with Gasteiger partial charge in [-0.25, -0.2) is 5.06 Å². The van der Waals surface area contributed by atoms with Gasteiger partial charge in [0, 0.05) is 70.5 Å². The van der Waals surface area contributed by atoms with Crippen LogP contribution in [0.4, 0.5) is 0 Å². The van der Waals surface area contributed by atoms with Crippen molar-refractivity contribution < 1.29 is 48.2 Å². The largest absolute Gasteiger partial charge is 0.485 e. The maximum atomic E-state index is 13.8. The summed E-state index contributed by atoms with van der Waals surface area (Å²) in [6, 6.07) is 39.7. The molecule has 73 heavy (non-hydrogen) atoms. The Hall–Kier alpha value is -7.52. The number of aryl methyl sites for hydroxylation is 1. The molecular weight excluding hydrogens is 927 g/mol. The highest BCUT2D eigenvalue weighted by atomic mass is 16.7. The van der Waals surface area contributed by atoms with E-state index in [1.165, 1.54) is 5.06 Å². The van der Waals surface area contributed by atoms with E-state index in [9.17, 15) is 28.8 Å². The van der Waals surface area contributed by atoms with Gasteiger partial charge in [-0.15, -0.1) is 0 Å². The van der Waals surface area contributed by atoms with Gasteiger partial charge in [-0.2, -0.15) is 0 Å². The molecule has 0 heterocycles. The summed E-state index contributed by atoms with van der Waals surface area (Å²) >= 11 is 0. The summed E-state index contributed by atoms with van der Waals surface area (Å²) in [5.41, 5.74) is 5.72. The summed E-state index contributed by atoms with van der Waals surface area (Å²) in [5, 5.41) is 19.2. The Morgan fingerprint density at radius 1 is 0.479 bits per heavy atom. The topological polar surface area (TPSA) is 193 Å². The molecule has 5 aromatic rings. The number of hydrogen-bond donors (Lipinski definition) is 4. The number of nitrogens with one attached hydrogen (secondary N) is 3. The van der Waals surface area contributed by atoms with Gasteiger partial charge >= 0.3 is 5.97 Å². The number of rotatable bonds is 33. The minimum absolute atomic E-state index is 0.00163. The highest BCUT2D eigenvalue weighted by Gasteiger charge is 2.20. The van der Waals surface area contributed by atoms with Gasteiger partial charge in [0.05, 0.1) is 5.56 Å². The second-order valence-corrected chi connectivity index (χ2v) is 17.8. The van der Waals surface area contributed by atoms with Gasteiger partial charge in [0.25, 0.3) is 11.8 Å². The first kappa shape index (κ1) is 56.4. The summed E-state index contributed by atoms with van der Waals surface area (Å²) in [7, 11) is 0. The van der Waals surface area contributed by atoms with E-state index < -0.39 is 5.97 Å². The first-order valence-corrected chi connectivity index (χ1v) is 25.3. The van der Waals surface area contributed by atoms with E-state index in [2.05, 4.69) is 16.0 Å². The van der Waals surface area contributed by atoms with Crippen LogP contribution in [0.1, 0.15) is 119 Å². The van der Waals surface area contributed by atoms with Crippen molar-refractivity contribution >= 4 is 35.5 Å². The number of carbonyl (C=O) groups is 6. The van der Waals surface area contributed by atoms with E-state index >= 15 is 0 Å². The van der Waals surface area contributed by atoms with Crippen molar-refractivity contribution in [3.8, 4) is 11.5 Å². The van der Waals surface area contributed by atoms with Gasteiger partial charge in [0.1, 0.15) is 19.8 Å². The third-order valence-corrected chi connectivity index (χ3v) is 12.1. The summed E-state index contributed by atoms with van der Waals surface area (Å²) < 4.78 is 12.4. The maximum absolute atomic E-state index is 13.8. The van der Waals surface area contributed by atoms with Crippen LogP contribution in [0.5, 0.6) is 11.5 Å². The van der Waals surface area contributed by atoms with Crippen molar-refractivity contribution in [1.29, 1.82) is 0 Å². The molecule has 15 heteroatoms. The molecule has 388 valence electrons. The zero-order valence-electron chi connectivity index (χ0n) is 42.3. The Bertz CT molecular complexity index is 2510. The highest BCUT2D eigenvalue weighted by Crippen LogP contribution is 2.33. The first-order chi connectivity index (χ1) is 35.5. The van der Waals surface area contributed by atoms with E-state index in [1.54, 1.807) is 29.2 Å². The third-order valence-electron chi connectivity index (χ3n) is 12.1. The Balaban J connectivity index is 1.11. The van der Waals surface area contributed by atoms with Gasteiger partial charge in [-0.05, 0) is 105 Å². The summed E-state index contributed by atoms with van der Waals surface area (Å²) in [4.78, 5) is 84.8. The van der Waals surface area contributed by atoms with Crippen LogP contribution in [0.3, 0.4) is 0 Å². The second kappa shape index (κ2) is 31.7. The van der Waals surface area contributed by atoms with Crippen LogP contribution in [0.2, 0.25) is 0 Å². The smallest absolute Gasteiger partial charge is 0.303 e. The van der Waals surface area contributed by atoms with E-state index in [0.29, 0.717) is 93.9 Å². The number of nitrogens with zero attached hydrogens (tertiary/aromatic N) is 2. The fourth-order valence-electron chi connectivity index (χ4n) is 7.83. The molecule has 0 unspecified atom stereocenters. The molecule has 0 aliphatic heterocycles. The van der Waals surface area contributed by atoms with Crippen molar-refractivity contribution in [3.63, 3.8) is 0 Å². The Labute approximate surface area is 429 Å². The van der Waals surface area contributed by atoms with Crippen molar-refractivity contribution in [2.75, 3.05) is 39.3 Å². The van der Waals surface area contributed by atoms with Crippen LogP contribution < -0.4 is 25.4 Å². The number of carbonyl (C=O) groups excluding carboxylic acids is 5. The molecule has 4 N–H and O–H groups in total. The van der Waals surface area contributed by atoms with Crippen molar-refractivity contribution in [2.24, 2.45) is 0 Å². The molecule has 5 amide bonds. The number of ether oxygens (including phenoxy) is 2. The number of benzene rings is 5. The van der Waals surface area contributed by atoms with E-state index in [-0.39, 0.29) is 88.0 Å². The van der Waals surface area contributed by atoms with E-state index in [4.69, 9.17) is 19.4 Å². The summed E-state index contributed by atoms with van der Waals surface area (Å²) in [6.45, 7) is 6.75. The van der Waals surface area contributed by atoms with Crippen LogP contribution >= 0.6 is 0 Å². The number of carboxylic acids is 1. The minimum Gasteiger partial charge on any atom is -0.485 e. The highest BCUT2D eigenvalue weighted by molar-refractivity contribution is 5.98. The predicted molar refractivity (Wildman–Crippen MR) is 280 cm³/mol. The summed E-state index contributed by atoms with van der Waals surface area (Å²) in [5.74, 6) is -1.41. The molecule has 0 spiro atoms. The van der Waals surface area contributed by atoms with Crippen molar-refractivity contribution in [3.05, 3.63) is 166 Å². The lowest BCUT2D eigenvalue weighted by molar-refractivity contribution is -0.192. The molecule has 15 nitrogen and oxygen atoms in total. The molecule has 0 aliphatic rings. The normalized spacial score (nSPS) is 10.8. The molecule has 0 aromatic heterocycles. The number of hydrogen-bond acceptors (Lipinski definition) is 9. The molecule has 0 bridgehead atoms. The number of carboxylic acid groups (broad SMARTS) is 1. The lowest BCUT2D eigenvalue weighted by Crippen LogP contribution is -2.36. The van der Waals surface area contributed by atoms with Gasteiger partial charge < -0.3 is 35.4 Å². The fourth-order valence-corrected chi connectivity index (χ4v) is 7.83. The number of para-hydroxylation sites is 1. The average Bonchev–Trinajstić information content (AvgIpc) is 3.40. The van der Waals surface area contributed by atoms with Crippen LogP contribution in [0, 0.1) is 13.8 Å². The van der Waals surface area contributed by atoms with Crippen molar-refractivity contribution in [1.82, 2.24) is 25.9 Å². The quantitative estimate of drug-likeness (QED) is 0.0233. The molecular formula is C58H71N5O10. The molecule has 0 fully saturated rings. The van der Waals surface area contributed by atoms with Gasteiger partial charge in [-0.1, -0.05) is 109 Å². The monoisotopic (exact) mass is 998 g/mol. The SMILES string of the molecule is Cc1cccc(C(=O)NCCCCN(CCCNC(=O)c2cccc(OCc3ccccc3)c2OCc2ccccc2)C(=O)CCC(=O)NCCCCCN(OCc2ccccc2)C(=O)CCCC(=O)O)c1C. The van der Waals surface area contributed by atoms with Crippen molar-refractivity contribution in [2.45, 2.75) is 104 Å². The Kier molecular flexibility index (Phi) is 24.5. The molecule has 0 radical (unpaired) electrons. The van der Waals surface area contributed by atoms with E-state index in [0.717, 1.165) is 27.8 Å². The van der Waals surface area contributed by atoms with Crippen LogP contribution in [0.15, 0.2) is 127 Å². The third kappa shape index (κ3) is 20.6. The molecule has 0 saturated heterocycles. The molecule has 5 rings (SSSR count). The predicted octanol–water partition coefficient (Wildman–Crippen LogP) is 8.90. The number of hydroxylamine groups is 2. The molecule has 0 saturated carbocycles. The number of amides is 5. The number of unbranched alkanes of at least 4 members (excludes halogenated alkanes) is 3. The average molecular weight is 998 g/mol. The number of aliphatic carboxylic acids is 1. The summed E-state index contributed by atoms with van der Waals surface area (Å²) in [6.07, 6.45) is 3.79. The van der Waals surface area contributed by atoms with Crippen LogP contribution in [0.25, 0.3) is 0 Å². The second-order valence-electron chi connectivity index (χ2n) is 17.8. The zero-order valence-corrected chi connectivity index (χ0v) is 42.3. The maximum Gasteiger partial charge on any atom is 0.303 e. The fraction of sp³-hybridized carbons (Fsp3) is 0.379. The van der Waals surface area contributed by atoms with Gasteiger partial charge in [-0.3, -0.25) is 33.6 Å². The lowest BCUT2D eigenvalue weighted by atomic mass is 10.0.